The molecule has 0 amide bonds. The molecular formula is C27H36O6. The van der Waals surface area contributed by atoms with Gasteiger partial charge in [-0.05, 0) is 56.6 Å². The first-order chi connectivity index (χ1) is 15.8. The standard InChI is InChI=1S/C27H36O6/c1-6-31-26(28)22-13-17(12-11-16(2)3)24-21(32-22)15-20-19(25(24)30-5)14-23(33-20)27(4,29)18-9-7-8-10-18/h12-13,15-16,18,23,29H,6-11,14H2,1-5H3/t23-,27-/m0/s1. The maximum absolute atomic E-state index is 12.5. The Labute approximate surface area is 196 Å². The first-order valence-corrected chi connectivity index (χ1v) is 12.2. The maximum atomic E-state index is 12.5. The summed E-state index contributed by atoms with van der Waals surface area (Å²) in [6, 6.07) is 1.83. The number of hydrogen-bond donors (Lipinski definition) is 1. The fourth-order valence-corrected chi connectivity index (χ4v) is 5.20. The van der Waals surface area contributed by atoms with Gasteiger partial charge in [0.25, 0.3) is 0 Å². The normalized spacial score (nSPS) is 22.8. The van der Waals surface area contributed by atoms with Crippen molar-refractivity contribution >= 4 is 11.5 Å². The molecule has 33 heavy (non-hydrogen) atoms. The van der Waals surface area contributed by atoms with Gasteiger partial charge in [0.15, 0.2) is 0 Å². The fourth-order valence-electron chi connectivity index (χ4n) is 5.20. The Kier molecular flexibility index (Phi) is 6.76. The molecule has 1 aliphatic carbocycles. The van der Waals surface area contributed by atoms with E-state index >= 15 is 0 Å². The zero-order valence-electron chi connectivity index (χ0n) is 20.4. The SMILES string of the molecule is CCOC(=O)C1=CC(=CCC(C)C)c2c(cc3c(c2OC)C[C@@H]([C@@](C)(O)C2CCCC2)O3)O1. The van der Waals surface area contributed by atoms with E-state index in [0.29, 0.717) is 29.6 Å². The molecule has 1 N–H and O–H groups in total. The van der Waals surface area contributed by atoms with E-state index in [9.17, 15) is 9.90 Å². The first kappa shape index (κ1) is 23.7. The van der Waals surface area contributed by atoms with Crippen LogP contribution < -0.4 is 14.2 Å². The van der Waals surface area contributed by atoms with Crippen molar-refractivity contribution in [2.24, 2.45) is 11.8 Å². The minimum absolute atomic E-state index is 0.147. The van der Waals surface area contributed by atoms with Gasteiger partial charge in [-0.1, -0.05) is 32.8 Å². The Hall–Kier alpha value is -2.47. The number of esters is 1. The van der Waals surface area contributed by atoms with E-state index in [1.165, 1.54) is 0 Å². The molecule has 0 unspecified atom stereocenters. The van der Waals surface area contributed by atoms with Crippen molar-refractivity contribution in [1.82, 2.24) is 0 Å². The van der Waals surface area contributed by atoms with Crippen LogP contribution in [-0.2, 0) is 16.0 Å². The zero-order valence-corrected chi connectivity index (χ0v) is 20.4. The lowest BCUT2D eigenvalue weighted by Gasteiger charge is -2.35. The maximum Gasteiger partial charge on any atom is 0.374 e. The highest BCUT2D eigenvalue weighted by molar-refractivity contribution is 5.95. The number of methoxy groups -OCH3 is 1. The zero-order chi connectivity index (χ0) is 23.8. The second-order valence-electron chi connectivity index (χ2n) is 9.90. The summed E-state index contributed by atoms with van der Waals surface area (Å²) in [5.74, 6) is 2.16. The Morgan fingerprint density at radius 2 is 2.03 bits per heavy atom. The van der Waals surface area contributed by atoms with Crippen LogP contribution >= 0.6 is 0 Å². The van der Waals surface area contributed by atoms with E-state index in [0.717, 1.165) is 48.8 Å². The summed E-state index contributed by atoms with van der Waals surface area (Å²) in [5, 5.41) is 11.4. The number of benzene rings is 1. The van der Waals surface area contributed by atoms with Crippen LogP contribution in [0, 0.1) is 11.8 Å². The summed E-state index contributed by atoms with van der Waals surface area (Å²) in [7, 11) is 1.64. The average molecular weight is 457 g/mol. The number of allylic oxidation sites excluding steroid dienone is 3. The molecule has 0 bridgehead atoms. The molecule has 2 heterocycles. The topological polar surface area (TPSA) is 74.2 Å². The number of carbonyl (C=O) groups is 1. The molecule has 3 aliphatic rings. The van der Waals surface area contributed by atoms with Crippen molar-refractivity contribution in [2.45, 2.75) is 77.9 Å². The quantitative estimate of drug-likeness (QED) is 0.568. The van der Waals surface area contributed by atoms with Gasteiger partial charge in [0, 0.05) is 18.1 Å². The smallest absolute Gasteiger partial charge is 0.374 e. The third-order valence-corrected chi connectivity index (χ3v) is 7.08. The van der Waals surface area contributed by atoms with Gasteiger partial charge in [0.2, 0.25) is 5.76 Å². The van der Waals surface area contributed by atoms with Crippen LogP contribution in [0.2, 0.25) is 0 Å². The molecule has 1 aromatic carbocycles. The van der Waals surface area contributed by atoms with Crippen molar-refractivity contribution in [1.29, 1.82) is 0 Å². The summed E-state index contributed by atoms with van der Waals surface area (Å²) in [4.78, 5) is 12.5. The van der Waals surface area contributed by atoms with E-state index in [2.05, 4.69) is 19.9 Å². The average Bonchev–Trinajstić information content (AvgIpc) is 3.46. The number of hydrogen-bond acceptors (Lipinski definition) is 6. The van der Waals surface area contributed by atoms with Crippen molar-refractivity contribution in [2.75, 3.05) is 13.7 Å². The van der Waals surface area contributed by atoms with Crippen molar-refractivity contribution < 1.29 is 28.8 Å². The molecule has 1 fully saturated rings. The van der Waals surface area contributed by atoms with Crippen LogP contribution in [-0.4, -0.2) is 36.5 Å². The summed E-state index contributed by atoms with van der Waals surface area (Å²) < 4.78 is 23.4. The second kappa shape index (κ2) is 9.41. The predicted molar refractivity (Wildman–Crippen MR) is 126 cm³/mol. The highest BCUT2D eigenvalue weighted by atomic mass is 16.6. The lowest BCUT2D eigenvalue weighted by atomic mass is 9.81. The van der Waals surface area contributed by atoms with Gasteiger partial charge in [-0.15, -0.1) is 0 Å². The Balaban J connectivity index is 1.74. The molecule has 2 atom stereocenters. The van der Waals surface area contributed by atoms with E-state index < -0.39 is 11.6 Å². The molecule has 0 saturated heterocycles. The molecule has 0 spiro atoms. The number of ether oxygens (including phenoxy) is 4. The monoisotopic (exact) mass is 456 g/mol. The highest BCUT2D eigenvalue weighted by Crippen LogP contribution is 2.51. The van der Waals surface area contributed by atoms with Crippen LogP contribution in [0.1, 0.15) is 70.9 Å². The van der Waals surface area contributed by atoms with Gasteiger partial charge in [-0.2, -0.15) is 0 Å². The van der Waals surface area contributed by atoms with Crippen LogP contribution in [0.3, 0.4) is 0 Å². The van der Waals surface area contributed by atoms with E-state index in [-0.39, 0.29) is 24.4 Å². The minimum atomic E-state index is -0.924. The van der Waals surface area contributed by atoms with Gasteiger partial charge >= 0.3 is 5.97 Å². The Morgan fingerprint density at radius 1 is 1.30 bits per heavy atom. The molecule has 6 nitrogen and oxygen atoms in total. The van der Waals surface area contributed by atoms with Gasteiger partial charge in [-0.25, -0.2) is 4.79 Å². The van der Waals surface area contributed by atoms with E-state index in [1.54, 1.807) is 20.1 Å². The van der Waals surface area contributed by atoms with Crippen molar-refractivity contribution in [3.8, 4) is 17.2 Å². The third-order valence-electron chi connectivity index (χ3n) is 7.08. The minimum Gasteiger partial charge on any atom is -0.496 e. The van der Waals surface area contributed by atoms with Gasteiger partial charge in [0.05, 0.1) is 19.3 Å². The molecule has 6 heteroatoms. The summed E-state index contributed by atoms with van der Waals surface area (Å²) in [5.41, 5.74) is 1.70. The lowest BCUT2D eigenvalue weighted by molar-refractivity contribution is -0.141. The van der Waals surface area contributed by atoms with Crippen LogP contribution in [0.25, 0.3) is 5.57 Å². The Morgan fingerprint density at radius 3 is 2.67 bits per heavy atom. The van der Waals surface area contributed by atoms with Crippen LogP contribution in [0.5, 0.6) is 17.2 Å². The molecular weight excluding hydrogens is 420 g/mol. The third kappa shape index (κ3) is 4.50. The fraction of sp³-hybridized carbons (Fsp3) is 0.593. The van der Waals surface area contributed by atoms with Gasteiger partial charge in [-0.3, -0.25) is 0 Å². The second-order valence-corrected chi connectivity index (χ2v) is 9.90. The van der Waals surface area contributed by atoms with Gasteiger partial charge in [0.1, 0.15) is 29.0 Å². The Bertz CT molecular complexity index is 965. The highest BCUT2D eigenvalue weighted by Gasteiger charge is 2.46. The van der Waals surface area contributed by atoms with Crippen LogP contribution in [0.4, 0.5) is 0 Å². The van der Waals surface area contributed by atoms with Gasteiger partial charge < -0.3 is 24.1 Å². The predicted octanol–water partition coefficient (Wildman–Crippen LogP) is 5.21. The largest absolute Gasteiger partial charge is 0.496 e. The molecule has 0 radical (unpaired) electrons. The molecule has 2 aliphatic heterocycles. The number of fused-ring (bicyclic) bond motifs is 2. The van der Waals surface area contributed by atoms with Crippen LogP contribution in [0.15, 0.2) is 24.0 Å². The molecule has 1 saturated carbocycles. The van der Waals surface area contributed by atoms with Crippen molar-refractivity contribution in [3.05, 3.63) is 35.1 Å². The lowest BCUT2D eigenvalue weighted by Crippen LogP contribution is -2.47. The molecule has 180 valence electrons. The van der Waals surface area contributed by atoms with E-state index in [1.807, 2.05) is 13.0 Å². The first-order valence-electron chi connectivity index (χ1n) is 12.2. The summed E-state index contributed by atoms with van der Waals surface area (Å²) in [6.45, 7) is 8.24. The van der Waals surface area contributed by atoms with Crippen molar-refractivity contribution in [3.63, 3.8) is 0 Å². The number of aliphatic hydroxyl groups is 1. The molecule has 0 aromatic heterocycles. The van der Waals surface area contributed by atoms with E-state index in [4.69, 9.17) is 18.9 Å². The molecule has 4 rings (SSSR count). The summed E-state index contributed by atoms with van der Waals surface area (Å²) >= 11 is 0. The number of rotatable bonds is 7. The summed E-state index contributed by atoms with van der Waals surface area (Å²) in [6.07, 6.45) is 9.26. The number of carbonyl (C=O) groups excluding carboxylic acids is 1. The molecule has 1 aromatic rings.